The smallest absolute Gasteiger partial charge is 0.0832 e. The highest BCUT2D eigenvalue weighted by atomic mass is 32.1. The van der Waals surface area contributed by atoms with Crippen molar-refractivity contribution < 1.29 is 4.74 Å². The van der Waals surface area contributed by atoms with Crippen LogP contribution in [0.1, 0.15) is 39.8 Å². The van der Waals surface area contributed by atoms with E-state index in [1.54, 1.807) is 11.3 Å². The Bertz CT molecular complexity index is 665. The van der Waals surface area contributed by atoms with Crippen molar-refractivity contribution in [2.75, 3.05) is 6.54 Å². The second-order valence-electron chi connectivity index (χ2n) is 5.16. The highest BCUT2D eigenvalue weighted by Crippen LogP contribution is 2.33. The Morgan fingerprint density at radius 3 is 3.05 bits per heavy atom. The monoisotopic (exact) mass is 297 g/mol. The summed E-state index contributed by atoms with van der Waals surface area (Å²) >= 11 is 1.69. The average Bonchev–Trinajstić information content (AvgIpc) is 2.99. The summed E-state index contributed by atoms with van der Waals surface area (Å²) in [7, 11) is 0. The first kappa shape index (κ1) is 14.3. The normalized spacial score (nSPS) is 16.9. The number of hydrogen-bond donors (Lipinski definition) is 1. The summed E-state index contributed by atoms with van der Waals surface area (Å²) in [6.45, 7) is 1.07. The van der Waals surface area contributed by atoms with Crippen molar-refractivity contribution in [3.8, 4) is 11.8 Å². The van der Waals surface area contributed by atoms with Crippen LogP contribution in [0.25, 0.3) is 0 Å². The third kappa shape index (κ3) is 3.54. The first-order valence-corrected chi connectivity index (χ1v) is 8.15. The lowest BCUT2D eigenvalue weighted by Crippen LogP contribution is -2.12. The Morgan fingerprint density at radius 1 is 1.24 bits per heavy atom. The second kappa shape index (κ2) is 6.91. The van der Waals surface area contributed by atoms with Gasteiger partial charge in [0.1, 0.15) is 0 Å². The van der Waals surface area contributed by atoms with Crippen LogP contribution in [0.15, 0.2) is 36.4 Å². The maximum Gasteiger partial charge on any atom is 0.0832 e. The van der Waals surface area contributed by atoms with E-state index in [9.17, 15) is 0 Å². The van der Waals surface area contributed by atoms with Crippen LogP contribution in [-0.4, -0.2) is 6.54 Å². The van der Waals surface area contributed by atoms with Crippen LogP contribution in [0.4, 0.5) is 0 Å². The number of rotatable bonds is 3. The van der Waals surface area contributed by atoms with E-state index < -0.39 is 0 Å². The summed E-state index contributed by atoms with van der Waals surface area (Å²) in [6.07, 6.45) is 3.73. The van der Waals surface area contributed by atoms with Crippen molar-refractivity contribution in [3.05, 3.63) is 57.3 Å². The highest BCUT2D eigenvalue weighted by Gasteiger charge is 2.20. The van der Waals surface area contributed by atoms with Gasteiger partial charge in [-0.1, -0.05) is 36.1 Å². The zero-order valence-electron chi connectivity index (χ0n) is 12.0. The summed E-state index contributed by atoms with van der Waals surface area (Å²) in [5.41, 5.74) is 8.19. The fourth-order valence-corrected chi connectivity index (χ4v) is 3.53. The fraction of sp³-hybridized carbons (Fsp3) is 0.333. The molecule has 2 N–H and O–H groups in total. The molecule has 1 aliphatic carbocycles. The third-order valence-electron chi connectivity index (χ3n) is 3.72. The molecule has 1 aromatic heterocycles. The number of thiophene rings is 1. The summed E-state index contributed by atoms with van der Waals surface area (Å²) in [5.74, 6) is 5.95. The topological polar surface area (TPSA) is 35.2 Å². The molecule has 0 amide bonds. The van der Waals surface area contributed by atoms with Gasteiger partial charge in [0.25, 0.3) is 0 Å². The van der Waals surface area contributed by atoms with Crippen LogP contribution in [0, 0.1) is 11.8 Å². The molecule has 108 valence electrons. The molecule has 21 heavy (non-hydrogen) atoms. The lowest BCUT2D eigenvalue weighted by molar-refractivity contribution is 0.0298. The SMILES string of the molecule is NCC#Cc1ccc(COC2CCCc3ccccc32)s1. The van der Waals surface area contributed by atoms with Gasteiger partial charge in [-0.3, -0.25) is 0 Å². The van der Waals surface area contributed by atoms with Gasteiger partial charge in [-0.05, 0) is 42.5 Å². The van der Waals surface area contributed by atoms with Crippen LogP contribution in [0.5, 0.6) is 0 Å². The third-order valence-corrected chi connectivity index (χ3v) is 4.69. The predicted octanol–water partition coefficient (Wildman–Crippen LogP) is 3.65. The highest BCUT2D eigenvalue weighted by molar-refractivity contribution is 7.12. The zero-order valence-corrected chi connectivity index (χ0v) is 12.8. The van der Waals surface area contributed by atoms with E-state index in [-0.39, 0.29) is 6.10 Å². The van der Waals surface area contributed by atoms with Crippen molar-refractivity contribution in [1.82, 2.24) is 0 Å². The van der Waals surface area contributed by atoms with E-state index in [0.29, 0.717) is 13.2 Å². The molecular weight excluding hydrogens is 278 g/mol. The molecule has 0 bridgehead atoms. The molecule has 2 nitrogen and oxygen atoms in total. The van der Waals surface area contributed by atoms with Gasteiger partial charge in [-0.2, -0.15) is 0 Å². The molecule has 0 fully saturated rings. The molecule has 3 heteroatoms. The molecule has 1 heterocycles. The Kier molecular flexibility index (Phi) is 4.72. The van der Waals surface area contributed by atoms with Crippen molar-refractivity contribution in [3.63, 3.8) is 0 Å². The van der Waals surface area contributed by atoms with Gasteiger partial charge < -0.3 is 10.5 Å². The minimum absolute atomic E-state index is 0.232. The van der Waals surface area contributed by atoms with Crippen LogP contribution < -0.4 is 5.73 Å². The number of hydrogen-bond acceptors (Lipinski definition) is 3. The van der Waals surface area contributed by atoms with Gasteiger partial charge >= 0.3 is 0 Å². The number of nitrogens with two attached hydrogens (primary N) is 1. The standard InChI is InChI=1S/C18H19NOS/c19-12-4-7-15-10-11-16(21-15)13-20-18-9-3-6-14-5-1-2-8-17(14)18/h1-2,5,8,10-11,18H,3,6,9,12-13,19H2. The van der Waals surface area contributed by atoms with E-state index in [0.717, 1.165) is 11.3 Å². The molecule has 0 saturated carbocycles. The number of aryl methyl sites for hydroxylation is 1. The zero-order chi connectivity index (χ0) is 14.5. The van der Waals surface area contributed by atoms with Crippen LogP contribution in [0.2, 0.25) is 0 Å². The van der Waals surface area contributed by atoms with Crippen molar-refractivity contribution in [2.45, 2.75) is 32.0 Å². The lowest BCUT2D eigenvalue weighted by atomic mass is 9.89. The number of ether oxygens (including phenoxy) is 1. The Hall–Kier alpha value is -1.60. The van der Waals surface area contributed by atoms with E-state index in [2.05, 4.69) is 42.2 Å². The molecule has 1 aromatic carbocycles. The molecule has 1 unspecified atom stereocenters. The fourth-order valence-electron chi connectivity index (χ4n) is 2.73. The van der Waals surface area contributed by atoms with Crippen molar-refractivity contribution in [1.29, 1.82) is 0 Å². The minimum atomic E-state index is 0.232. The number of benzene rings is 1. The Labute approximate surface area is 129 Å². The molecule has 0 radical (unpaired) electrons. The summed E-state index contributed by atoms with van der Waals surface area (Å²) in [6, 6.07) is 12.8. The largest absolute Gasteiger partial charge is 0.368 e. The van der Waals surface area contributed by atoms with Gasteiger partial charge in [0.05, 0.1) is 24.1 Å². The van der Waals surface area contributed by atoms with E-state index in [1.807, 2.05) is 6.07 Å². The number of fused-ring (bicyclic) bond motifs is 1. The molecule has 0 saturated heterocycles. The van der Waals surface area contributed by atoms with E-state index in [4.69, 9.17) is 10.5 Å². The molecular formula is C18H19NOS. The first-order valence-electron chi connectivity index (χ1n) is 7.34. The quantitative estimate of drug-likeness (QED) is 0.878. The van der Waals surface area contributed by atoms with Gasteiger partial charge in [-0.25, -0.2) is 0 Å². The molecule has 0 aliphatic heterocycles. The maximum absolute atomic E-state index is 6.15. The second-order valence-corrected chi connectivity index (χ2v) is 6.33. The average molecular weight is 297 g/mol. The summed E-state index contributed by atoms with van der Waals surface area (Å²) in [4.78, 5) is 2.28. The summed E-state index contributed by atoms with van der Waals surface area (Å²) < 4.78 is 6.15. The van der Waals surface area contributed by atoms with Gasteiger partial charge in [0.2, 0.25) is 0 Å². The van der Waals surface area contributed by atoms with Crippen LogP contribution in [-0.2, 0) is 17.8 Å². The lowest BCUT2D eigenvalue weighted by Gasteiger charge is -2.25. The van der Waals surface area contributed by atoms with Gasteiger partial charge in [0.15, 0.2) is 0 Å². The van der Waals surface area contributed by atoms with Crippen molar-refractivity contribution >= 4 is 11.3 Å². The maximum atomic E-state index is 6.15. The molecule has 3 rings (SSSR count). The molecule has 1 aliphatic rings. The van der Waals surface area contributed by atoms with Crippen LogP contribution >= 0.6 is 11.3 Å². The van der Waals surface area contributed by atoms with Crippen molar-refractivity contribution in [2.24, 2.45) is 5.73 Å². The first-order chi connectivity index (χ1) is 10.4. The van der Waals surface area contributed by atoms with Gasteiger partial charge in [-0.15, -0.1) is 11.3 Å². The van der Waals surface area contributed by atoms with Gasteiger partial charge in [0, 0.05) is 4.88 Å². The molecule has 0 spiro atoms. The predicted molar refractivity (Wildman–Crippen MR) is 87.2 cm³/mol. The Balaban J connectivity index is 1.65. The van der Waals surface area contributed by atoms with E-state index >= 15 is 0 Å². The van der Waals surface area contributed by atoms with Crippen LogP contribution in [0.3, 0.4) is 0 Å². The Morgan fingerprint density at radius 2 is 2.14 bits per heavy atom. The minimum Gasteiger partial charge on any atom is -0.368 e. The molecule has 1 atom stereocenters. The van der Waals surface area contributed by atoms with E-state index in [1.165, 1.54) is 28.8 Å². The molecule has 2 aromatic rings. The summed E-state index contributed by atoms with van der Waals surface area (Å²) in [5, 5.41) is 0.